The smallest absolute Gasteiger partial charge is 0.190 e. The zero-order chi connectivity index (χ0) is 22.2. The molecule has 3 aromatic carbocycles. The highest BCUT2D eigenvalue weighted by atomic mass is 16.8. The Morgan fingerprint density at radius 1 is 0.781 bits per heavy atom. The van der Waals surface area contributed by atoms with Gasteiger partial charge in [0.05, 0.1) is 6.61 Å². The second-order valence-electron chi connectivity index (χ2n) is 8.72. The summed E-state index contributed by atoms with van der Waals surface area (Å²) in [6.45, 7) is 3.80. The molecule has 166 valence electrons. The molecule has 5 heteroatoms. The summed E-state index contributed by atoms with van der Waals surface area (Å²) in [7, 11) is 0. The lowest BCUT2D eigenvalue weighted by Gasteiger charge is -2.37. The zero-order valence-electron chi connectivity index (χ0n) is 18.3. The van der Waals surface area contributed by atoms with Gasteiger partial charge in [0.1, 0.15) is 23.9 Å². The molecule has 0 bridgehead atoms. The lowest BCUT2D eigenvalue weighted by molar-refractivity contribution is -0.223. The SMILES string of the molecule is CC1(C)O[C@H]2O[C@@H](COC(c3ccccc3)(c3ccccc3)c3ccccc3)[C@H](O)[C@H]2O1. The van der Waals surface area contributed by atoms with Crippen molar-refractivity contribution in [2.75, 3.05) is 6.61 Å². The Balaban J connectivity index is 1.51. The second-order valence-corrected chi connectivity index (χ2v) is 8.72. The van der Waals surface area contributed by atoms with Crippen molar-refractivity contribution in [3.05, 3.63) is 108 Å². The molecule has 0 radical (unpaired) electrons. The number of hydrogen-bond donors (Lipinski definition) is 1. The van der Waals surface area contributed by atoms with E-state index in [2.05, 4.69) is 36.4 Å². The maximum Gasteiger partial charge on any atom is 0.190 e. The van der Waals surface area contributed by atoms with Crippen molar-refractivity contribution in [2.45, 2.75) is 49.8 Å². The fourth-order valence-electron chi connectivity index (χ4n) is 4.67. The number of aliphatic hydroxyl groups is 1. The third-order valence-corrected chi connectivity index (χ3v) is 6.12. The van der Waals surface area contributed by atoms with Crippen molar-refractivity contribution in [1.82, 2.24) is 0 Å². The van der Waals surface area contributed by atoms with Crippen LogP contribution in [-0.4, -0.2) is 42.1 Å². The predicted molar refractivity (Wildman–Crippen MR) is 120 cm³/mol. The van der Waals surface area contributed by atoms with E-state index in [-0.39, 0.29) is 6.61 Å². The number of ether oxygens (including phenoxy) is 4. The summed E-state index contributed by atoms with van der Waals surface area (Å²) in [5.41, 5.74) is 2.13. The molecule has 1 N–H and O–H groups in total. The van der Waals surface area contributed by atoms with Crippen molar-refractivity contribution in [1.29, 1.82) is 0 Å². The molecule has 2 saturated heterocycles. The number of rotatable bonds is 6. The largest absolute Gasteiger partial charge is 0.387 e. The first kappa shape index (κ1) is 21.3. The molecular weight excluding hydrogens is 404 g/mol. The second kappa shape index (κ2) is 8.43. The molecule has 0 saturated carbocycles. The number of benzene rings is 3. The molecule has 4 atom stereocenters. The van der Waals surface area contributed by atoms with E-state index in [9.17, 15) is 5.11 Å². The first-order valence-electron chi connectivity index (χ1n) is 11.0. The monoisotopic (exact) mass is 432 g/mol. The van der Waals surface area contributed by atoms with Crippen LogP contribution >= 0.6 is 0 Å². The van der Waals surface area contributed by atoms with Crippen LogP contribution in [0, 0.1) is 0 Å². The van der Waals surface area contributed by atoms with Gasteiger partial charge in [-0.15, -0.1) is 0 Å². The molecular formula is C27H28O5. The minimum atomic E-state index is -0.869. The predicted octanol–water partition coefficient (Wildman–Crippen LogP) is 4.23. The number of aliphatic hydroxyl groups excluding tert-OH is 1. The molecule has 2 heterocycles. The molecule has 5 rings (SSSR count). The maximum absolute atomic E-state index is 10.9. The Kier molecular flexibility index (Phi) is 5.61. The Bertz CT molecular complexity index is 925. The molecule has 0 aliphatic carbocycles. The highest BCUT2D eigenvalue weighted by Crippen LogP contribution is 2.42. The highest BCUT2D eigenvalue weighted by molar-refractivity contribution is 5.47. The highest BCUT2D eigenvalue weighted by Gasteiger charge is 2.54. The van der Waals surface area contributed by atoms with Crippen molar-refractivity contribution < 1.29 is 24.1 Å². The van der Waals surface area contributed by atoms with E-state index in [0.29, 0.717) is 0 Å². The van der Waals surface area contributed by atoms with Crippen LogP contribution in [0.5, 0.6) is 0 Å². The van der Waals surface area contributed by atoms with Crippen LogP contribution in [0.15, 0.2) is 91.0 Å². The Hall–Kier alpha value is -2.54. The summed E-state index contributed by atoms with van der Waals surface area (Å²) in [4.78, 5) is 0. The number of hydrogen-bond acceptors (Lipinski definition) is 5. The van der Waals surface area contributed by atoms with Gasteiger partial charge in [0, 0.05) is 0 Å². The molecule has 0 aromatic heterocycles. The molecule has 0 spiro atoms. The van der Waals surface area contributed by atoms with Gasteiger partial charge in [-0.25, -0.2) is 0 Å². The van der Waals surface area contributed by atoms with Crippen LogP contribution in [0.1, 0.15) is 30.5 Å². The Morgan fingerprint density at radius 3 is 1.69 bits per heavy atom. The lowest BCUT2D eigenvalue weighted by Crippen LogP contribution is -2.40. The van der Waals surface area contributed by atoms with E-state index in [0.717, 1.165) is 16.7 Å². The molecule has 5 nitrogen and oxygen atoms in total. The minimum Gasteiger partial charge on any atom is -0.387 e. The molecule has 0 amide bonds. The molecule has 0 unspecified atom stereocenters. The minimum absolute atomic E-state index is 0.167. The van der Waals surface area contributed by atoms with Crippen molar-refractivity contribution in [3.8, 4) is 0 Å². The Labute approximate surface area is 188 Å². The van der Waals surface area contributed by atoms with Gasteiger partial charge >= 0.3 is 0 Å². The molecule has 2 aliphatic rings. The van der Waals surface area contributed by atoms with Crippen LogP contribution in [0.3, 0.4) is 0 Å². The van der Waals surface area contributed by atoms with Crippen molar-refractivity contribution in [3.63, 3.8) is 0 Å². The first-order valence-corrected chi connectivity index (χ1v) is 11.0. The summed E-state index contributed by atoms with van der Waals surface area (Å²) >= 11 is 0. The average molecular weight is 433 g/mol. The molecule has 32 heavy (non-hydrogen) atoms. The Morgan fingerprint density at radius 2 is 1.25 bits per heavy atom. The van der Waals surface area contributed by atoms with Crippen LogP contribution in [0.2, 0.25) is 0 Å². The molecule has 3 aromatic rings. The summed E-state index contributed by atoms with van der Waals surface area (Å²) in [5.74, 6) is -0.774. The quantitative estimate of drug-likeness (QED) is 0.591. The number of fused-ring (bicyclic) bond motifs is 1. The van der Waals surface area contributed by atoms with E-state index >= 15 is 0 Å². The van der Waals surface area contributed by atoms with E-state index in [1.807, 2.05) is 68.4 Å². The summed E-state index contributed by atoms with van der Waals surface area (Å²) in [6.07, 6.45) is -2.55. The van der Waals surface area contributed by atoms with Gasteiger partial charge in [-0.05, 0) is 30.5 Å². The third-order valence-electron chi connectivity index (χ3n) is 6.12. The van der Waals surface area contributed by atoms with Crippen molar-refractivity contribution in [2.24, 2.45) is 0 Å². The maximum atomic E-state index is 10.9. The average Bonchev–Trinajstić information content (AvgIpc) is 3.28. The van der Waals surface area contributed by atoms with Gasteiger partial charge in [0.2, 0.25) is 0 Å². The van der Waals surface area contributed by atoms with Crippen LogP contribution < -0.4 is 0 Å². The van der Waals surface area contributed by atoms with Gasteiger partial charge in [-0.1, -0.05) is 91.0 Å². The summed E-state index contributed by atoms with van der Waals surface area (Å²) < 4.78 is 24.4. The van der Waals surface area contributed by atoms with E-state index in [4.69, 9.17) is 18.9 Å². The van der Waals surface area contributed by atoms with E-state index in [1.165, 1.54) is 0 Å². The first-order chi connectivity index (χ1) is 15.5. The topological polar surface area (TPSA) is 57.2 Å². The van der Waals surface area contributed by atoms with Gasteiger partial charge in [0.25, 0.3) is 0 Å². The van der Waals surface area contributed by atoms with E-state index in [1.54, 1.807) is 0 Å². The zero-order valence-corrected chi connectivity index (χ0v) is 18.3. The van der Waals surface area contributed by atoms with Gasteiger partial charge in [-0.3, -0.25) is 0 Å². The molecule has 2 fully saturated rings. The van der Waals surface area contributed by atoms with Gasteiger partial charge in [0.15, 0.2) is 12.1 Å². The third kappa shape index (κ3) is 3.76. The van der Waals surface area contributed by atoms with E-state index < -0.39 is 36.0 Å². The van der Waals surface area contributed by atoms with Crippen LogP contribution in [0.4, 0.5) is 0 Å². The summed E-state index contributed by atoms with van der Waals surface area (Å²) in [6, 6.07) is 30.4. The van der Waals surface area contributed by atoms with Gasteiger partial charge in [-0.2, -0.15) is 0 Å². The van der Waals surface area contributed by atoms with Crippen molar-refractivity contribution >= 4 is 0 Å². The van der Waals surface area contributed by atoms with Crippen LogP contribution in [-0.2, 0) is 24.5 Å². The fraction of sp³-hybridized carbons (Fsp3) is 0.333. The lowest BCUT2D eigenvalue weighted by atomic mass is 9.80. The summed E-state index contributed by atoms with van der Waals surface area (Å²) in [5, 5.41) is 10.9. The van der Waals surface area contributed by atoms with Crippen LogP contribution in [0.25, 0.3) is 0 Å². The van der Waals surface area contributed by atoms with Gasteiger partial charge < -0.3 is 24.1 Å². The normalized spacial score (nSPS) is 26.7. The standard InChI is InChI=1S/C27H28O5/c1-26(2)31-24-23(28)22(30-25(24)32-26)18-29-27(19-12-6-3-7-13-19,20-14-8-4-9-15-20)21-16-10-5-11-17-21/h3-17,22-25,28H,18H2,1-2H3/t22-,23-,24+,25+/m0/s1. The molecule has 2 aliphatic heterocycles. The fourth-order valence-corrected chi connectivity index (χ4v) is 4.67.